The largest absolute Gasteiger partial charge is 0.444 e. The minimum absolute atomic E-state index is 0.404. The van der Waals surface area contributed by atoms with Gasteiger partial charge >= 0.3 is 6.09 Å². The number of hydrogen-bond acceptors (Lipinski definition) is 4. The van der Waals surface area contributed by atoms with Crippen LogP contribution in [0.3, 0.4) is 0 Å². The lowest BCUT2D eigenvalue weighted by atomic mass is 10.0. The van der Waals surface area contributed by atoms with Crippen molar-refractivity contribution in [2.45, 2.75) is 45.1 Å². The second-order valence-electron chi connectivity index (χ2n) is 8.09. The van der Waals surface area contributed by atoms with Gasteiger partial charge in [-0.1, -0.05) is 72.8 Å². The molecule has 0 aliphatic carbocycles. The second kappa shape index (κ2) is 9.55. The number of ether oxygens (including phenoxy) is 2. The summed E-state index contributed by atoms with van der Waals surface area (Å²) in [5, 5.41) is 4.74. The van der Waals surface area contributed by atoms with Crippen molar-refractivity contribution in [1.82, 2.24) is 5.32 Å². The van der Waals surface area contributed by atoms with Gasteiger partial charge in [0.2, 0.25) is 0 Å². The van der Waals surface area contributed by atoms with E-state index in [4.69, 9.17) is 9.47 Å². The van der Waals surface area contributed by atoms with Crippen molar-refractivity contribution in [3.05, 3.63) is 83.9 Å². The number of carbonyl (C=O) groups excluding carboxylic acids is 2. The van der Waals surface area contributed by atoms with E-state index in [2.05, 4.69) is 5.32 Å². The van der Waals surface area contributed by atoms with E-state index in [1.165, 1.54) is 0 Å². The van der Waals surface area contributed by atoms with Crippen molar-refractivity contribution < 1.29 is 19.1 Å². The quantitative estimate of drug-likeness (QED) is 0.434. The number of aldehydes is 1. The number of alkyl carbamates (subject to hydrolysis) is 1. The molecular formula is C25H27NO4. The fraction of sp³-hybridized carbons (Fsp3) is 0.280. The topological polar surface area (TPSA) is 64.6 Å². The molecule has 0 spiro atoms. The van der Waals surface area contributed by atoms with Crippen molar-refractivity contribution in [1.29, 1.82) is 0 Å². The second-order valence-corrected chi connectivity index (χ2v) is 8.09. The third-order valence-electron chi connectivity index (χ3n) is 4.50. The minimum Gasteiger partial charge on any atom is -0.444 e. The molecule has 0 aliphatic heterocycles. The van der Waals surface area contributed by atoms with Crippen LogP contribution in [0.1, 0.15) is 38.1 Å². The van der Waals surface area contributed by atoms with Gasteiger partial charge in [0.1, 0.15) is 18.0 Å². The fourth-order valence-corrected chi connectivity index (χ4v) is 3.23. The standard InChI is InChI=1S/C25H27NO4/c1-25(2,3)30-24(28)26-23(22-15-9-13-19-12-7-8-14-21(19)22)29-20(17-27)16-18-10-5-4-6-11-18/h4-15,17,20,23H,16H2,1-3H3,(H,26,28). The maximum absolute atomic E-state index is 12.5. The fourth-order valence-electron chi connectivity index (χ4n) is 3.23. The van der Waals surface area contributed by atoms with E-state index in [9.17, 15) is 9.59 Å². The Balaban J connectivity index is 1.90. The molecule has 156 valence electrons. The van der Waals surface area contributed by atoms with Gasteiger partial charge in [-0.15, -0.1) is 0 Å². The first-order chi connectivity index (χ1) is 14.4. The molecule has 5 nitrogen and oxygen atoms in total. The summed E-state index contributed by atoms with van der Waals surface area (Å²) in [7, 11) is 0. The van der Waals surface area contributed by atoms with Crippen molar-refractivity contribution in [3.8, 4) is 0 Å². The molecule has 2 unspecified atom stereocenters. The van der Waals surface area contributed by atoms with E-state index in [0.29, 0.717) is 6.42 Å². The highest BCUT2D eigenvalue weighted by molar-refractivity contribution is 5.86. The molecule has 0 bridgehead atoms. The first-order valence-electron chi connectivity index (χ1n) is 9.97. The van der Waals surface area contributed by atoms with Crippen molar-refractivity contribution in [3.63, 3.8) is 0 Å². The van der Waals surface area contributed by atoms with Crippen molar-refractivity contribution >= 4 is 23.2 Å². The highest BCUT2D eigenvalue weighted by Crippen LogP contribution is 2.27. The van der Waals surface area contributed by atoms with Gasteiger partial charge in [-0.3, -0.25) is 5.32 Å². The lowest BCUT2D eigenvalue weighted by Gasteiger charge is -2.26. The molecule has 0 fully saturated rings. The molecule has 3 aromatic carbocycles. The predicted octanol–water partition coefficient (Wildman–Crippen LogP) is 5.19. The first-order valence-corrected chi connectivity index (χ1v) is 9.97. The van der Waals surface area contributed by atoms with Gasteiger partial charge in [0, 0.05) is 12.0 Å². The average molecular weight is 405 g/mol. The molecule has 0 saturated heterocycles. The molecule has 2 atom stereocenters. The SMILES string of the molecule is CC(C)(C)OC(=O)NC(OC(C=O)Cc1ccccc1)c1cccc2ccccc12. The average Bonchev–Trinajstić information content (AvgIpc) is 2.71. The molecule has 1 amide bonds. The summed E-state index contributed by atoms with van der Waals surface area (Å²) in [6, 6.07) is 23.2. The number of amides is 1. The van der Waals surface area contributed by atoms with E-state index < -0.39 is 24.0 Å². The lowest BCUT2D eigenvalue weighted by molar-refractivity contribution is -0.123. The summed E-state index contributed by atoms with van der Waals surface area (Å²) in [5.74, 6) is 0. The highest BCUT2D eigenvalue weighted by Gasteiger charge is 2.25. The van der Waals surface area contributed by atoms with Crippen LogP contribution in [-0.2, 0) is 20.7 Å². The summed E-state index contributed by atoms with van der Waals surface area (Å²) in [6.07, 6.45) is -1.01. The summed E-state index contributed by atoms with van der Waals surface area (Å²) >= 11 is 0. The van der Waals surface area contributed by atoms with Crippen LogP contribution in [0.25, 0.3) is 10.8 Å². The lowest BCUT2D eigenvalue weighted by Crippen LogP contribution is -2.38. The molecule has 0 heterocycles. The number of nitrogens with one attached hydrogen (secondary N) is 1. The highest BCUT2D eigenvalue weighted by atomic mass is 16.6. The van der Waals surface area contributed by atoms with Gasteiger partial charge in [0.15, 0.2) is 6.23 Å². The van der Waals surface area contributed by atoms with Crippen LogP contribution in [-0.4, -0.2) is 24.1 Å². The van der Waals surface area contributed by atoms with E-state index in [1.54, 1.807) is 20.8 Å². The maximum Gasteiger partial charge on any atom is 0.409 e. The van der Waals surface area contributed by atoms with E-state index in [1.807, 2.05) is 72.8 Å². The summed E-state index contributed by atoms with van der Waals surface area (Å²) in [6.45, 7) is 5.39. The first kappa shape index (κ1) is 21.5. The van der Waals surface area contributed by atoms with Crippen LogP contribution >= 0.6 is 0 Å². The number of fused-ring (bicyclic) bond motifs is 1. The molecule has 3 aromatic rings. The van der Waals surface area contributed by atoms with Crippen molar-refractivity contribution in [2.24, 2.45) is 0 Å². The monoisotopic (exact) mass is 405 g/mol. The number of carbonyl (C=O) groups is 2. The van der Waals surface area contributed by atoms with Crippen LogP contribution in [0.15, 0.2) is 72.8 Å². The summed E-state index contributed by atoms with van der Waals surface area (Å²) in [5.41, 5.74) is 1.09. The van der Waals surface area contributed by atoms with Crippen LogP contribution in [0.4, 0.5) is 4.79 Å². The van der Waals surface area contributed by atoms with Gasteiger partial charge in [0.25, 0.3) is 0 Å². The molecule has 0 saturated carbocycles. The van der Waals surface area contributed by atoms with Crippen LogP contribution in [0.5, 0.6) is 0 Å². The van der Waals surface area contributed by atoms with Gasteiger partial charge in [-0.2, -0.15) is 0 Å². The molecule has 1 N–H and O–H groups in total. The van der Waals surface area contributed by atoms with Gasteiger partial charge in [0.05, 0.1) is 0 Å². The minimum atomic E-state index is -0.843. The zero-order valence-electron chi connectivity index (χ0n) is 17.5. The van der Waals surface area contributed by atoms with Gasteiger partial charge < -0.3 is 14.3 Å². The Bertz CT molecular complexity index is 989. The van der Waals surface area contributed by atoms with E-state index >= 15 is 0 Å². The third kappa shape index (κ3) is 5.91. The normalized spacial score (nSPS) is 13.4. The zero-order chi connectivity index (χ0) is 21.6. The third-order valence-corrected chi connectivity index (χ3v) is 4.50. The Morgan fingerprint density at radius 2 is 1.63 bits per heavy atom. The zero-order valence-corrected chi connectivity index (χ0v) is 17.5. The molecule has 0 aromatic heterocycles. The maximum atomic E-state index is 12.5. The van der Waals surface area contributed by atoms with Gasteiger partial charge in [-0.25, -0.2) is 4.79 Å². The summed E-state index contributed by atoms with van der Waals surface area (Å²) in [4.78, 5) is 24.3. The smallest absolute Gasteiger partial charge is 0.409 e. The van der Waals surface area contributed by atoms with Crippen LogP contribution in [0, 0.1) is 0 Å². The Labute approximate surface area is 177 Å². The predicted molar refractivity (Wildman–Crippen MR) is 117 cm³/mol. The van der Waals surface area contributed by atoms with E-state index in [-0.39, 0.29) is 0 Å². The molecule has 0 aliphatic rings. The van der Waals surface area contributed by atoms with Crippen LogP contribution < -0.4 is 5.32 Å². The van der Waals surface area contributed by atoms with Crippen molar-refractivity contribution in [2.75, 3.05) is 0 Å². The molecular weight excluding hydrogens is 378 g/mol. The number of hydrogen-bond donors (Lipinski definition) is 1. The molecule has 3 rings (SSSR count). The van der Waals surface area contributed by atoms with Gasteiger partial charge in [-0.05, 0) is 37.1 Å². The Morgan fingerprint density at radius 3 is 2.33 bits per heavy atom. The Hall–Kier alpha value is -3.18. The number of benzene rings is 3. The molecule has 5 heteroatoms. The Morgan fingerprint density at radius 1 is 0.967 bits per heavy atom. The van der Waals surface area contributed by atoms with Crippen LogP contribution in [0.2, 0.25) is 0 Å². The van der Waals surface area contributed by atoms with E-state index in [0.717, 1.165) is 28.2 Å². The number of rotatable bonds is 7. The molecule has 0 radical (unpaired) electrons. The Kier molecular flexibility index (Phi) is 6.85. The molecule has 30 heavy (non-hydrogen) atoms. The summed E-state index contributed by atoms with van der Waals surface area (Å²) < 4.78 is 11.5.